The summed E-state index contributed by atoms with van der Waals surface area (Å²) in [5.41, 5.74) is -1.78. The van der Waals surface area contributed by atoms with Crippen LogP contribution in [0.25, 0.3) is 11.3 Å². The molecule has 2 aromatic heterocycles. The highest BCUT2D eigenvalue weighted by Crippen LogP contribution is 2.45. The average molecular weight is 686 g/mol. The molecule has 13 nitrogen and oxygen atoms in total. The number of carbonyl (C=O) groups excluding carboxylic acids is 3. The van der Waals surface area contributed by atoms with Gasteiger partial charge in [0, 0.05) is 63.0 Å². The largest absolute Gasteiger partial charge is 0.435 e. The molecule has 0 unspecified atom stereocenters. The summed E-state index contributed by atoms with van der Waals surface area (Å²) in [6, 6.07) is 3.41. The lowest BCUT2D eigenvalue weighted by atomic mass is 10.2. The van der Waals surface area contributed by atoms with Crippen LogP contribution in [-0.4, -0.2) is 98.0 Å². The van der Waals surface area contributed by atoms with Gasteiger partial charge in [0.1, 0.15) is 6.54 Å². The van der Waals surface area contributed by atoms with E-state index in [1.54, 1.807) is 4.90 Å². The van der Waals surface area contributed by atoms with Crippen LogP contribution in [0.1, 0.15) is 26.7 Å². The number of benzene rings is 1. The van der Waals surface area contributed by atoms with Crippen molar-refractivity contribution in [2.24, 2.45) is 18.9 Å². The summed E-state index contributed by atoms with van der Waals surface area (Å²) < 4.78 is 68.0. The summed E-state index contributed by atoms with van der Waals surface area (Å²) in [5, 5.41) is 24.5. The third-order valence-corrected chi connectivity index (χ3v) is 8.88. The van der Waals surface area contributed by atoms with Crippen LogP contribution in [0.5, 0.6) is 0 Å². The van der Waals surface area contributed by atoms with Gasteiger partial charge in [0.2, 0.25) is 0 Å². The zero-order valence-corrected chi connectivity index (χ0v) is 25.3. The number of hydrogen-bond donors (Lipinski definition) is 5. The number of urea groups is 1. The van der Waals surface area contributed by atoms with Gasteiger partial charge in [0.05, 0.1) is 40.2 Å². The third kappa shape index (κ3) is 6.62. The second-order valence-electron chi connectivity index (χ2n) is 11.7. The van der Waals surface area contributed by atoms with Crippen molar-refractivity contribution in [3.63, 3.8) is 0 Å². The molecule has 3 aromatic rings. The Kier molecular flexibility index (Phi) is 8.60. The molecule has 3 fully saturated rings. The SMILES string of the molecule is Cn1c(-c2cn(CC(F)F)nc2C(F)(F)F)cnc1C(=O)Nc1ccc(C(=O)N[C@H]2[C@@H]3CN(C(=O)N[C@@H]4CNC[C@H]4O)C[C@@H]32)c(Cl)c1. The molecular weight excluding hydrogens is 657 g/mol. The van der Waals surface area contributed by atoms with Crippen molar-refractivity contribution in [1.29, 1.82) is 0 Å². The Labute approximate surface area is 268 Å². The predicted octanol–water partition coefficient (Wildman–Crippen LogP) is 2.18. The summed E-state index contributed by atoms with van der Waals surface area (Å²) in [6.07, 6.45) is -6.70. The van der Waals surface area contributed by atoms with Crippen LogP contribution in [0.2, 0.25) is 5.02 Å². The Morgan fingerprint density at radius 3 is 2.47 bits per heavy atom. The van der Waals surface area contributed by atoms with Crippen LogP contribution in [0.4, 0.5) is 32.4 Å². The van der Waals surface area contributed by atoms with E-state index in [2.05, 4.69) is 31.3 Å². The number of hydrogen-bond acceptors (Lipinski definition) is 7. The summed E-state index contributed by atoms with van der Waals surface area (Å²) in [5.74, 6) is -1.36. The lowest BCUT2D eigenvalue weighted by Crippen LogP contribution is -2.49. The summed E-state index contributed by atoms with van der Waals surface area (Å²) in [7, 11) is 1.29. The number of aliphatic hydroxyl groups is 1. The van der Waals surface area contributed by atoms with Crippen LogP contribution in [0.15, 0.2) is 30.6 Å². The molecule has 5 atom stereocenters. The van der Waals surface area contributed by atoms with Crippen LogP contribution in [-0.2, 0) is 19.8 Å². The Balaban J connectivity index is 1.06. The van der Waals surface area contributed by atoms with Gasteiger partial charge in [-0.1, -0.05) is 11.6 Å². The van der Waals surface area contributed by atoms with E-state index in [4.69, 9.17) is 11.6 Å². The number of imidazole rings is 1. The molecule has 3 aliphatic rings. The van der Waals surface area contributed by atoms with Gasteiger partial charge in [-0.15, -0.1) is 0 Å². The van der Waals surface area contributed by atoms with E-state index >= 15 is 0 Å². The number of amides is 4. The fraction of sp³-hybridized carbons (Fsp3) is 0.464. The number of alkyl halides is 5. The zero-order chi connectivity index (χ0) is 33.8. The fourth-order valence-corrected chi connectivity index (χ4v) is 6.35. The number of aliphatic hydroxyl groups excluding tert-OH is 1. The maximum absolute atomic E-state index is 13.6. The molecule has 0 spiro atoms. The summed E-state index contributed by atoms with van der Waals surface area (Å²) in [6.45, 7) is 0.782. The number of rotatable bonds is 8. The molecule has 0 bridgehead atoms. The van der Waals surface area contributed by atoms with Gasteiger partial charge in [-0.05, 0) is 18.2 Å². The number of nitrogens with one attached hydrogen (secondary N) is 4. The normalized spacial score (nSPS) is 23.6. The van der Waals surface area contributed by atoms with Crippen LogP contribution >= 0.6 is 11.6 Å². The van der Waals surface area contributed by atoms with Gasteiger partial charge in [-0.3, -0.25) is 14.3 Å². The number of likely N-dealkylation sites (tertiary alicyclic amines) is 1. The van der Waals surface area contributed by atoms with E-state index in [0.717, 1.165) is 17.0 Å². The lowest BCUT2D eigenvalue weighted by Gasteiger charge is -2.24. The molecular formula is C28H29ClF5N9O4. The summed E-state index contributed by atoms with van der Waals surface area (Å²) >= 11 is 6.36. The first-order valence-corrected chi connectivity index (χ1v) is 14.9. The first-order valence-electron chi connectivity index (χ1n) is 14.5. The fourth-order valence-electron chi connectivity index (χ4n) is 6.09. The van der Waals surface area contributed by atoms with Crippen molar-refractivity contribution < 1.29 is 41.4 Å². The quantitative estimate of drug-likeness (QED) is 0.228. The van der Waals surface area contributed by atoms with Crippen molar-refractivity contribution in [1.82, 2.24) is 40.2 Å². The van der Waals surface area contributed by atoms with E-state index in [9.17, 15) is 41.4 Å². The molecule has 2 saturated heterocycles. The van der Waals surface area contributed by atoms with Crippen molar-refractivity contribution in [3.8, 4) is 11.3 Å². The maximum Gasteiger partial charge on any atom is 0.435 e. The van der Waals surface area contributed by atoms with E-state index < -0.39 is 48.3 Å². The first-order chi connectivity index (χ1) is 22.2. The monoisotopic (exact) mass is 685 g/mol. The molecule has 252 valence electrons. The Bertz CT molecular complexity index is 1700. The van der Waals surface area contributed by atoms with Gasteiger partial charge in [0.25, 0.3) is 18.2 Å². The average Bonchev–Trinajstić information content (AvgIpc) is 3.54. The number of aromatic nitrogens is 4. The van der Waals surface area contributed by atoms with Crippen LogP contribution < -0.4 is 21.3 Å². The molecule has 4 amide bonds. The number of carbonyl (C=O) groups is 3. The molecule has 1 saturated carbocycles. The molecule has 5 N–H and O–H groups in total. The number of nitrogens with zero attached hydrogens (tertiary/aromatic N) is 5. The van der Waals surface area contributed by atoms with Crippen molar-refractivity contribution in [3.05, 3.63) is 52.7 Å². The Morgan fingerprint density at radius 1 is 1.13 bits per heavy atom. The van der Waals surface area contributed by atoms with Crippen molar-refractivity contribution in [2.75, 3.05) is 31.5 Å². The van der Waals surface area contributed by atoms with E-state index in [0.29, 0.717) is 30.9 Å². The van der Waals surface area contributed by atoms with Crippen LogP contribution in [0.3, 0.4) is 0 Å². The first kappa shape index (κ1) is 32.6. The number of β-amino-alcohol motifs (C(OH)–C–C–N with tert-alkyl or cyclic N) is 1. The van der Waals surface area contributed by atoms with E-state index in [1.807, 2.05) is 0 Å². The highest BCUT2D eigenvalue weighted by atomic mass is 35.5. The second-order valence-corrected chi connectivity index (χ2v) is 12.1. The molecule has 1 aromatic carbocycles. The maximum atomic E-state index is 13.6. The number of halogens is 6. The number of anilines is 1. The number of piperidine rings is 1. The van der Waals surface area contributed by atoms with Gasteiger partial charge in [0.15, 0.2) is 11.5 Å². The molecule has 1 aliphatic carbocycles. The lowest BCUT2D eigenvalue weighted by molar-refractivity contribution is -0.141. The standard InChI is InChI=1S/C28H29ClF5N9O4/c1-41-19(16-10-43(11-21(30)31)40-23(16)28(32,33)34)6-36-24(41)26(46)37-12-2-3-13(17(29)4-12)25(45)39-22-14-8-42(9-15(14)22)27(47)38-18-5-35-7-20(18)44/h2-4,6,10,14-15,18,20-22,35,44H,5,7-9,11H2,1H3,(H,37,46)(H,38,47)(H,39,45)/t14-,15+,18-,20-,22+/m1/s1. The van der Waals surface area contributed by atoms with Crippen LogP contribution in [0, 0.1) is 11.8 Å². The molecule has 4 heterocycles. The van der Waals surface area contributed by atoms with Crippen molar-refractivity contribution in [2.45, 2.75) is 37.3 Å². The third-order valence-electron chi connectivity index (χ3n) is 8.56. The molecule has 2 aliphatic heterocycles. The molecule has 0 radical (unpaired) electrons. The Morgan fingerprint density at radius 2 is 1.85 bits per heavy atom. The minimum absolute atomic E-state index is 0.0256. The number of fused-ring (bicyclic) bond motifs is 1. The highest BCUT2D eigenvalue weighted by Gasteiger charge is 2.57. The Hall–Kier alpha value is -4.29. The molecule has 19 heteroatoms. The topological polar surface area (TPSA) is 158 Å². The van der Waals surface area contributed by atoms with E-state index in [-0.39, 0.29) is 57.7 Å². The minimum atomic E-state index is -4.95. The smallest absolute Gasteiger partial charge is 0.390 e. The van der Waals surface area contributed by atoms with Gasteiger partial charge >= 0.3 is 12.2 Å². The van der Waals surface area contributed by atoms with Gasteiger partial charge in [-0.25, -0.2) is 18.6 Å². The minimum Gasteiger partial charge on any atom is -0.390 e. The van der Waals surface area contributed by atoms with Gasteiger partial charge < -0.3 is 35.8 Å². The summed E-state index contributed by atoms with van der Waals surface area (Å²) in [4.78, 5) is 44.1. The zero-order valence-electron chi connectivity index (χ0n) is 24.6. The van der Waals surface area contributed by atoms with Crippen molar-refractivity contribution >= 4 is 35.1 Å². The van der Waals surface area contributed by atoms with Gasteiger partial charge in [-0.2, -0.15) is 18.3 Å². The molecule has 6 rings (SSSR count). The highest BCUT2D eigenvalue weighted by molar-refractivity contribution is 6.34. The molecule has 47 heavy (non-hydrogen) atoms. The predicted molar refractivity (Wildman–Crippen MR) is 156 cm³/mol. The van der Waals surface area contributed by atoms with E-state index in [1.165, 1.54) is 25.2 Å². The second kappa shape index (κ2) is 12.4.